The van der Waals surface area contributed by atoms with Crippen molar-refractivity contribution < 1.29 is 9.52 Å². The zero-order valence-electron chi connectivity index (χ0n) is 16.0. The molecule has 6 nitrogen and oxygen atoms in total. The van der Waals surface area contributed by atoms with Gasteiger partial charge < -0.3 is 14.8 Å². The van der Waals surface area contributed by atoms with Crippen LogP contribution in [0.2, 0.25) is 5.02 Å². The predicted molar refractivity (Wildman–Crippen MR) is 112 cm³/mol. The maximum absolute atomic E-state index is 10.3. The molecule has 1 aliphatic rings. The first-order chi connectivity index (χ1) is 13.5. The number of oxazole rings is 1. The summed E-state index contributed by atoms with van der Waals surface area (Å²) in [4.78, 5) is 11.4. The molecule has 0 radical (unpaired) electrons. The molecule has 1 aliphatic heterocycles. The Labute approximate surface area is 168 Å². The quantitative estimate of drug-likeness (QED) is 0.646. The Balaban J connectivity index is 1.59. The van der Waals surface area contributed by atoms with Gasteiger partial charge in [-0.2, -0.15) is 4.98 Å². The highest BCUT2D eigenvalue weighted by Gasteiger charge is 2.15. The van der Waals surface area contributed by atoms with Crippen LogP contribution in [0.3, 0.4) is 0 Å². The number of phenols is 1. The van der Waals surface area contributed by atoms with Crippen LogP contribution in [0, 0.1) is 6.92 Å². The van der Waals surface area contributed by atoms with Gasteiger partial charge in [0, 0.05) is 23.3 Å². The number of aromatic hydroxyl groups is 1. The van der Waals surface area contributed by atoms with Crippen LogP contribution in [-0.2, 0) is 0 Å². The molecule has 0 atom stereocenters. The van der Waals surface area contributed by atoms with Crippen LogP contribution in [0.15, 0.2) is 40.5 Å². The lowest BCUT2D eigenvalue weighted by Crippen LogP contribution is -2.31. The van der Waals surface area contributed by atoms with E-state index in [0.717, 1.165) is 31.6 Å². The monoisotopic (exact) mass is 398 g/mol. The van der Waals surface area contributed by atoms with Gasteiger partial charge in [-0.3, -0.25) is 4.90 Å². The Morgan fingerprint density at radius 2 is 2.18 bits per heavy atom. The van der Waals surface area contributed by atoms with Crippen molar-refractivity contribution in [3.63, 3.8) is 0 Å². The van der Waals surface area contributed by atoms with Crippen LogP contribution in [0.1, 0.15) is 25.3 Å². The highest BCUT2D eigenvalue weighted by molar-refractivity contribution is 6.31. The first kappa shape index (κ1) is 18.8. The molecule has 2 aromatic heterocycles. The molecule has 0 spiro atoms. The number of aryl methyl sites for hydroxylation is 1. The number of benzene rings is 1. The summed E-state index contributed by atoms with van der Waals surface area (Å²) in [6, 6.07) is 7.36. The minimum Gasteiger partial charge on any atom is -0.507 e. The zero-order valence-corrected chi connectivity index (χ0v) is 16.8. The van der Waals surface area contributed by atoms with E-state index in [1.807, 2.05) is 25.3 Å². The van der Waals surface area contributed by atoms with Gasteiger partial charge in [0.15, 0.2) is 5.58 Å². The van der Waals surface area contributed by atoms with Crippen molar-refractivity contribution in [1.29, 1.82) is 0 Å². The average Bonchev–Trinajstić information content (AvgIpc) is 3.08. The van der Waals surface area contributed by atoms with Gasteiger partial charge in [0.25, 0.3) is 0 Å². The number of nitrogens with zero attached hydrogens (tertiary/aromatic N) is 3. The highest BCUT2D eigenvalue weighted by atomic mass is 35.5. The van der Waals surface area contributed by atoms with Crippen LogP contribution in [0.4, 0.5) is 6.01 Å². The van der Waals surface area contributed by atoms with Crippen molar-refractivity contribution in [1.82, 2.24) is 14.9 Å². The molecule has 0 aliphatic carbocycles. The zero-order chi connectivity index (χ0) is 19.7. The van der Waals surface area contributed by atoms with Gasteiger partial charge in [-0.25, -0.2) is 4.98 Å². The van der Waals surface area contributed by atoms with E-state index in [2.05, 4.69) is 27.1 Å². The molecule has 28 heavy (non-hydrogen) atoms. The third-order valence-corrected chi connectivity index (χ3v) is 5.25. The van der Waals surface area contributed by atoms with Crippen molar-refractivity contribution in [2.24, 2.45) is 0 Å². The van der Waals surface area contributed by atoms with E-state index < -0.39 is 0 Å². The first-order valence-electron chi connectivity index (χ1n) is 9.47. The lowest BCUT2D eigenvalue weighted by molar-refractivity contribution is 0.279. The van der Waals surface area contributed by atoms with E-state index >= 15 is 0 Å². The summed E-state index contributed by atoms with van der Waals surface area (Å²) in [6.07, 6.45) is 4.24. The summed E-state index contributed by atoms with van der Waals surface area (Å²) in [7, 11) is 0. The molecule has 0 saturated carbocycles. The fraction of sp³-hybridized carbons (Fsp3) is 0.333. The van der Waals surface area contributed by atoms with Crippen molar-refractivity contribution in [2.75, 3.05) is 25.0 Å². The average molecular weight is 399 g/mol. The molecular formula is C21H23ClN4O2. The number of piperidine rings is 1. The number of hydrogen-bond acceptors (Lipinski definition) is 6. The van der Waals surface area contributed by atoms with Crippen LogP contribution >= 0.6 is 11.6 Å². The maximum atomic E-state index is 10.3. The summed E-state index contributed by atoms with van der Waals surface area (Å²) in [5, 5.41) is 13.9. The number of nitrogens with one attached hydrogen (secondary N) is 1. The molecular weight excluding hydrogens is 376 g/mol. The smallest absolute Gasteiger partial charge is 0.301 e. The second-order valence-corrected chi connectivity index (χ2v) is 7.51. The van der Waals surface area contributed by atoms with Gasteiger partial charge in [-0.05, 0) is 68.3 Å². The molecule has 0 unspecified atom stereocenters. The molecule has 3 heterocycles. The fourth-order valence-corrected chi connectivity index (χ4v) is 3.87. The van der Waals surface area contributed by atoms with Crippen LogP contribution in [0.25, 0.3) is 22.5 Å². The summed E-state index contributed by atoms with van der Waals surface area (Å²) in [6.45, 7) is 7.25. The molecule has 1 saturated heterocycles. The van der Waals surface area contributed by atoms with Crippen molar-refractivity contribution in [3.05, 3.63) is 46.6 Å². The molecule has 4 rings (SSSR count). The van der Waals surface area contributed by atoms with E-state index in [9.17, 15) is 5.11 Å². The van der Waals surface area contributed by atoms with Crippen LogP contribution in [-0.4, -0.2) is 39.6 Å². The fourth-order valence-electron chi connectivity index (χ4n) is 3.60. The Bertz CT molecular complexity index is 1020. The van der Waals surface area contributed by atoms with Gasteiger partial charge in [0.1, 0.15) is 5.75 Å². The number of anilines is 1. The standard InChI is InChI=1S/C21H23ClN4O2/c1-3-26-8-4-5-14(12-26)11-23-21-25-20-18(28-21)7-6-16(24-20)19-13(2)9-15(22)10-17(19)27/h6-7,9-11,27H,3-5,8,12H2,1-2H3,(H,23,24,25). The normalized spacial score (nSPS) is 16.8. The minimum absolute atomic E-state index is 0.0983. The van der Waals surface area contributed by atoms with Crippen LogP contribution in [0.5, 0.6) is 5.75 Å². The minimum atomic E-state index is 0.0983. The summed E-state index contributed by atoms with van der Waals surface area (Å²) in [5.74, 6) is 0.0983. The molecule has 7 heteroatoms. The largest absolute Gasteiger partial charge is 0.507 e. The van der Waals surface area contributed by atoms with Crippen molar-refractivity contribution in [2.45, 2.75) is 26.7 Å². The highest BCUT2D eigenvalue weighted by Crippen LogP contribution is 2.35. The lowest BCUT2D eigenvalue weighted by atomic mass is 10.0. The molecule has 146 valence electrons. The van der Waals surface area contributed by atoms with E-state index in [1.54, 1.807) is 6.07 Å². The van der Waals surface area contributed by atoms with Gasteiger partial charge in [0.05, 0.1) is 5.69 Å². The number of pyridine rings is 1. The van der Waals surface area contributed by atoms with Gasteiger partial charge in [-0.1, -0.05) is 18.5 Å². The third kappa shape index (κ3) is 3.84. The number of halogens is 1. The SMILES string of the molecule is CCN1CCCC(=CNc2nc3nc(-c4c(C)cc(Cl)cc4O)ccc3o2)C1. The van der Waals surface area contributed by atoms with Gasteiger partial charge in [0.2, 0.25) is 5.65 Å². The van der Waals surface area contributed by atoms with Gasteiger partial charge in [-0.15, -0.1) is 0 Å². The molecule has 1 aromatic carbocycles. The number of likely N-dealkylation sites (tertiary alicyclic amines) is 1. The summed E-state index contributed by atoms with van der Waals surface area (Å²) in [5.41, 5.74) is 4.54. The number of phenolic OH excluding ortho intramolecular Hbond substituents is 1. The maximum Gasteiger partial charge on any atom is 0.301 e. The van der Waals surface area contributed by atoms with Crippen molar-refractivity contribution >= 4 is 28.8 Å². The van der Waals surface area contributed by atoms with E-state index in [4.69, 9.17) is 16.0 Å². The predicted octanol–water partition coefficient (Wildman–Crippen LogP) is 4.97. The molecule has 3 aromatic rings. The summed E-state index contributed by atoms with van der Waals surface area (Å²) < 4.78 is 5.76. The van der Waals surface area contributed by atoms with Crippen LogP contribution < -0.4 is 5.32 Å². The Morgan fingerprint density at radius 3 is 2.96 bits per heavy atom. The molecule has 0 bridgehead atoms. The van der Waals surface area contributed by atoms with E-state index in [-0.39, 0.29) is 5.75 Å². The molecule has 0 amide bonds. The second kappa shape index (κ2) is 7.81. The Kier molecular flexibility index (Phi) is 5.24. The molecule has 1 fully saturated rings. The number of rotatable bonds is 4. The Morgan fingerprint density at radius 1 is 1.32 bits per heavy atom. The summed E-state index contributed by atoms with van der Waals surface area (Å²) >= 11 is 6.00. The van der Waals surface area contributed by atoms with E-state index in [0.29, 0.717) is 33.5 Å². The first-order valence-corrected chi connectivity index (χ1v) is 9.85. The third-order valence-electron chi connectivity index (χ3n) is 5.03. The second-order valence-electron chi connectivity index (χ2n) is 7.07. The molecule has 2 N–H and O–H groups in total. The number of fused-ring (bicyclic) bond motifs is 1. The van der Waals surface area contributed by atoms with Crippen molar-refractivity contribution in [3.8, 4) is 17.0 Å². The Hall–Kier alpha value is -2.57. The van der Waals surface area contributed by atoms with E-state index in [1.165, 1.54) is 18.1 Å². The number of aromatic nitrogens is 2. The number of likely N-dealkylation sites (N-methyl/N-ethyl adjacent to an activating group) is 1. The lowest BCUT2D eigenvalue weighted by Gasteiger charge is -2.27. The number of hydrogen-bond donors (Lipinski definition) is 2. The van der Waals surface area contributed by atoms with Gasteiger partial charge >= 0.3 is 6.01 Å². The topological polar surface area (TPSA) is 74.4 Å².